The van der Waals surface area contributed by atoms with Gasteiger partial charge in [0.2, 0.25) is 0 Å². The predicted octanol–water partition coefficient (Wildman–Crippen LogP) is 4.90. The van der Waals surface area contributed by atoms with Crippen LogP contribution in [-0.2, 0) is 0 Å². The SMILES string of the molecule is Cc1ccc(C)c(NC(=S)Nc2cccc(Cl)c2F)c1. The minimum atomic E-state index is -0.515. The fourth-order valence-electron chi connectivity index (χ4n) is 1.75. The molecule has 0 saturated heterocycles. The Labute approximate surface area is 128 Å². The molecule has 2 rings (SSSR count). The Morgan fingerprint density at radius 3 is 2.55 bits per heavy atom. The minimum Gasteiger partial charge on any atom is -0.332 e. The molecule has 20 heavy (non-hydrogen) atoms. The highest BCUT2D eigenvalue weighted by Gasteiger charge is 2.08. The average Bonchev–Trinajstić information content (AvgIpc) is 2.39. The molecule has 0 spiro atoms. The summed E-state index contributed by atoms with van der Waals surface area (Å²) in [6, 6.07) is 10.7. The van der Waals surface area contributed by atoms with Gasteiger partial charge in [-0.05, 0) is 55.4 Å². The highest BCUT2D eigenvalue weighted by atomic mass is 35.5. The summed E-state index contributed by atoms with van der Waals surface area (Å²) < 4.78 is 13.8. The lowest BCUT2D eigenvalue weighted by atomic mass is 10.1. The van der Waals surface area contributed by atoms with Gasteiger partial charge in [0.05, 0.1) is 10.7 Å². The number of hydrogen-bond donors (Lipinski definition) is 2. The average molecular weight is 309 g/mol. The van der Waals surface area contributed by atoms with Gasteiger partial charge in [-0.25, -0.2) is 4.39 Å². The molecule has 0 radical (unpaired) electrons. The summed E-state index contributed by atoms with van der Waals surface area (Å²) in [6.07, 6.45) is 0. The first kappa shape index (κ1) is 14.8. The molecule has 104 valence electrons. The summed E-state index contributed by atoms with van der Waals surface area (Å²) in [5.41, 5.74) is 3.33. The molecule has 0 aliphatic heterocycles. The van der Waals surface area contributed by atoms with Gasteiger partial charge in [-0.1, -0.05) is 29.8 Å². The van der Waals surface area contributed by atoms with Crippen LogP contribution in [0.1, 0.15) is 11.1 Å². The largest absolute Gasteiger partial charge is 0.332 e. The van der Waals surface area contributed by atoms with Crippen LogP contribution in [0.15, 0.2) is 36.4 Å². The van der Waals surface area contributed by atoms with E-state index in [4.69, 9.17) is 23.8 Å². The number of halogens is 2. The van der Waals surface area contributed by atoms with Crippen molar-refractivity contribution in [2.45, 2.75) is 13.8 Å². The number of rotatable bonds is 2. The van der Waals surface area contributed by atoms with E-state index in [1.807, 2.05) is 32.0 Å². The Kier molecular flexibility index (Phi) is 4.57. The third-order valence-corrected chi connectivity index (χ3v) is 3.34. The van der Waals surface area contributed by atoms with Crippen LogP contribution in [0, 0.1) is 19.7 Å². The smallest absolute Gasteiger partial charge is 0.175 e. The highest BCUT2D eigenvalue weighted by molar-refractivity contribution is 7.80. The fourth-order valence-corrected chi connectivity index (χ4v) is 2.14. The summed E-state index contributed by atoms with van der Waals surface area (Å²) in [5.74, 6) is -0.515. The third-order valence-electron chi connectivity index (χ3n) is 2.84. The van der Waals surface area contributed by atoms with Gasteiger partial charge in [-0.15, -0.1) is 0 Å². The van der Waals surface area contributed by atoms with Gasteiger partial charge >= 0.3 is 0 Å². The van der Waals surface area contributed by atoms with Crippen molar-refractivity contribution in [1.82, 2.24) is 0 Å². The highest BCUT2D eigenvalue weighted by Crippen LogP contribution is 2.22. The molecule has 2 aromatic carbocycles. The summed E-state index contributed by atoms with van der Waals surface area (Å²) in [5, 5.41) is 6.24. The summed E-state index contributed by atoms with van der Waals surface area (Å²) >= 11 is 10.9. The van der Waals surface area contributed by atoms with Crippen molar-refractivity contribution in [2.75, 3.05) is 10.6 Å². The van der Waals surface area contributed by atoms with Gasteiger partial charge in [0.25, 0.3) is 0 Å². The van der Waals surface area contributed by atoms with Gasteiger partial charge in [0, 0.05) is 5.69 Å². The third kappa shape index (κ3) is 3.46. The molecule has 2 N–H and O–H groups in total. The Morgan fingerprint density at radius 2 is 1.80 bits per heavy atom. The van der Waals surface area contributed by atoms with Crippen molar-refractivity contribution in [3.8, 4) is 0 Å². The first-order chi connectivity index (χ1) is 9.47. The Morgan fingerprint density at radius 1 is 1.10 bits per heavy atom. The van der Waals surface area contributed by atoms with E-state index in [-0.39, 0.29) is 10.7 Å². The number of benzene rings is 2. The molecule has 0 heterocycles. The number of hydrogen-bond acceptors (Lipinski definition) is 1. The molecule has 0 amide bonds. The maximum atomic E-state index is 13.8. The predicted molar refractivity (Wildman–Crippen MR) is 87.2 cm³/mol. The summed E-state index contributed by atoms with van der Waals surface area (Å²) in [7, 11) is 0. The van der Waals surface area contributed by atoms with Crippen molar-refractivity contribution < 1.29 is 4.39 Å². The first-order valence-electron chi connectivity index (χ1n) is 6.06. The second-order valence-corrected chi connectivity index (χ2v) is 5.31. The monoisotopic (exact) mass is 308 g/mol. The summed E-state index contributed by atoms with van der Waals surface area (Å²) in [6.45, 7) is 3.97. The van der Waals surface area contributed by atoms with Crippen LogP contribution in [0.2, 0.25) is 5.02 Å². The Hall–Kier alpha value is -1.65. The van der Waals surface area contributed by atoms with Crippen LogP contribution in [0.5, 0.6) is 0 Å². The normalized spacial score (nSPS) is 10.2. The lowest BCUT2D eigenvalue weighted by Crippen LogP contribution is -2.20. The molecule has 0 unspecified atom stereocenters. The number of anilines is 2. The zero-order chi connectivity index (χ0) is 14.7. The van der Waals surface area contributed by atoms with Crippen LogP contribution in [0.3, 0.4) is 0 Å². The van der Waals surface area contributed by atoms with Crippen LogP contribution >= 0.6 is 23.8 Å². The zero-order valence-corrected chi connectivity index (χ0v) is 12.7. The second kappa shape index (κ2) is 6.20. The van der Waals surface area contributed by atoms with E-state index in [9.17, 15) is 4.39 Å². The van der Waals surface area contributed by atoms with E-state index in [0.29, 0.717) is 5.11 Å². The molecule has 0 aliphatic carbocycles. The van der Waals surface area contributed by atoms with Crippen molar-refractivity contribution >= 4 is 40.3 Å². The molecule has 0 aliphatic rings. The molecule has 0 saturated carbocycles. The van der Waals surface area contributed by atoms with Gasteiger partial charge in [0.1, 0.15) is 0 Å². The lowest BCUT2D eigenvalue weighted by molar-refractivity contribution is 0.632. The number of thiocarbonyl (C=S) groups is 1. The van der Waals surface area contributed by atoms with E-state index < -0.39 is 5.82 Å². The molecule has 5 heteroatoms. The van der Waals surface area contributed by atoms with E-state index in [1.54, 1.807) is 12.1 Å². The van der Waals surface area contributed by atoms with E-state index >= 15 is 0 Å². The molecule has 0 aromatic heterocycles. The Balaban J connectivity index is 2.13. The van der Waals surface area contributed by atoms with Crippen LogP contribution in [0.25, 0.3) is 0 Å². The van der Waals surface area contributed by atoms with E-state index in [1.165, 1.54) is 6.07 Å². The molecule has 2 aromatic rings. The van der Waals surface area contributed by atoms with Gasteiger partial charge in [-0.3, -0.25) is 0 Å². The topological polar surface area (TPSA) is 24.1 Å². The standard InChI is InChI=1S/C15H14ClFN2S/c1-9-6-7-10(2)13(8-9)19-15(20)18-12-5-3-4-11(16)14(12)17/h3-8H,1-2H3,(H2,18,19,20). The molecular formula is C15H14ClFN2S. The van der Waals surface area contributed by atoms with Gasteiger partial charge in [-0.2, -0.15) is 0 Å². The molecule has 2 nitrogen and oxygen atoms in total. The Bertz CT molecular complexity index is 652. The molecular weight excluding hydrogens is 295 g/mol. The summed E-state index contributed by atoms with van der Waals surface area (Å²) in [4.78, 5) is 0. The van der Waals surface area contributed by atoms with Crippen LogP contribution in [-0.4, -0.2) is 5.11 Å². The minimum absolute atomic E-state index is 0.0598. The zero-order valence-electron chi connectivity index (χ0n) is 11.1. The van der Waals surface area contributed by atoms with E-state index in [0.717, 1.165) is 16.8 Å². The van der Waals surface area contributed by atoms with Gasteiger partial charge < -0.3 is 10.6 Å². The number of nitrogens with one attached hydrogen (secondary N) is 2. The van der Waals surface area contributed by atoms with Crippen molar-refractivity contribution in [2.24, 2.45) is 0 Å². The van der Waals surface area contributed by atoms with Gasteiger partial charge in [0.15, 0.2) is 10.9 Å². The van der Waals surface area contributed by atoms with Crippen molar-refractivity contribution in [3.05, 3.63) is 58.4 Å². The fraction of sp³-hybridized carbons (Fsp3) is 0.133. The molecule has 0 atom stereocenters. The van der Waals surface area contributed by atoms with E-state index in [2.05, 4.69) is 10.6 Å². The van der Waals surface area contributed by atoms with Crippen molar-refractivity contribution in [1.29, 1.82) is 0 Å². The second-order valence-electron chi connectivity index (χ2n) is 4.50. The molecule has 0 bridgehead atoms. The maximum absolute atomic E-state index is 13.8. The first-order valence-corrected chi connectivity index (χ1v) is 6.85. The quantitative estimate of drug-likeness (QED) is 0.771. The van der Waals surface area contributed by atoms with Crippen molar-refractivity contribution in [3.63, 3.8) is 0 Å². The lowest BCUT2D eigenvalue weighted by Gasteiger charge is -2.14. The number of aryl methyl sites for hydroxylation is 2. The van der Waals surface area contributed by atoms with Crippen LogP contribution < -0.4 is 10.6 Å². The van der Waals surface area contributed by atoms with Crippen LogP contribution in [0.4, 0.5) is 15.8 Å². The maximum Gasteiger partial charge on any atom is 0.175 e. The molecule has 0 fully saturated rings.